The van der Waals surface area contributed by atoms with E-state index in [-0.39, 0.29) is 29.3 Å². The van der Waals surface area contributed by atoms with Crippen LogP contribution in [0.5, 0.6) is 5.75 Å². The van der Waals surface area contributed by atoms with Crippen LogP contribution in [-0.2, 0) is 4.79 Å². The fourth-order valence-corrected chi connectivity index (χ4v) is 3.93. The number of benzene rings is 1. The summed E-state index contributed by atoms with van der Waals surface area (Å²) in [6.45, 7) is 7.24. The molecule has 0 radical (unpaired) electrons. The van der Waals surface area contributed by atoms with Gasteiger partial charge in [0.2, 0.25) is 11.9 Å². The van der Waals surface area contributed by atoms with Gasteiger partial charge in [-0.1, -0.05) is 18.7 Å². The van der Waals surface area contributed by atoms with E-state index in [2.05, 4.69) is 32.3 Å². The van der Waals surface area contributed by atoms with E-state index in [1.54, 1.807) is 11.1 Å². The van der Waals surface area contributed by atoms with Crippen LogP contribution in [0.2, 0.25) is 0 Å². The van der Waals surface area contributed by atoms with E-state index < -0.39 is 5.91 Å². The maximum atomic E-state index is 12.0. The SMILES string of the molecule is C=CC(=O)N1CCCC(n2cc(Nc3ncc(C(N)=O)c(Nc4ccccc4OCC)n3)cn2)C1. The van der Waals surface area contributed by atoms with Gasteiger partial charge in [-0.25, -0.2) is 4.98 Å². The molecule has 35 heavy (non-hydrogen) atoms. The number of ether oxygens (including phenoxy) is 1. The number of anilines is 4. The Bertz CT molecular complexity index is 1220. The Balaban J connectivity index is 1.53. The summed E-state index contributed by atoms with van der Waals surface area (Å²) in [4.78, 5) is 34.4. The number of carbonyl (C=O) groups is 2. The lowest BCUT2D eigenvalue weighted by molar-refractivity contribution is -0.127. The van der Waals surface area contributed by atoms with Gasteiger partial charge in [-0.15, -0.1) is 0 Å². The van der Waals surface area contributed by atoms with E-state index in [0.29, 0.717) is 30.3 Å². The summed E-state index contributed by atoms with van der Waals surface area (Å²) in [7, 11) is 0. The Kier molecular flexibility index (Phi) is 7.24. The molecule has 4 rings (SSSR count). The first-order chi connectivity index (χ1) is 17.0. The lowest BCUT2D eigenvalue weighted by atomic mass is 10.1. The van der Waals surface area contributed by atoms with Crippen LogP contribution >= 0.6 is 0 Å². The van der Waals surface area contributed by atoms with E-state index in [4.69, 9.17) is 10.5 Å². The first-order valence-electron chi connectivity index (χ1n) is 11.4. The van der Waals surface area contributed by atoms with Gasteiger partial charge in [0.15, 0.2) is 0 Å². The van der Waals surface area contributed by atoms with Crippen LogP contribution in [-0.4, -0.2) is 56.2 Å². The van der Waals surface area contributed by atoms with Crippen molar-refractivity contribution in [3.8, 4) is 5.75 Å². The third kappa shape index (κ3) is 5.57. The number of nitrogens with two attached hydrogens (primary N) is 1. The van der Waals surface area contributed by atoms with Crippen molar-refractivity contribution in [2.75, 3.05) is 30.3 Å². The highest BCUT2D eigenvalue weighted by molar-refractivity contribution is 5.98. The number of hydrogen-bond donors (Lipinski definition) is 3. The van der Waals surface area contributed by atoms with Crippen molar-refractivity contribution in [1.82, 2.24) is 24.6 Å². The van der Waals surface area contributed by atoms with E-state index in [0.717, 1.165) is 19.4 Å². The predicted molar refractivity (Wildman–Crippen MR) is 132 cm³/mol. The highest BCUT2D eigenvalue weighted by Crippen LogP contribution is 2.29. The summed E-state index contributed by atoms with van der Waals surface area (Å²) in [5.41, 5.74) is 7.00. The Morgan fingerprint density at radius 2 is 2.11 bits per heavy atom. The van der Waals surface area contributed by atoms with Gasteiger partial charge in [0.1, 0.15) is 17.1 Å². The zero-order valence-corrected chi connectivity index (χ0v) is 19.5. The van der Waals surface area contributed by atoms with Gasteiger partial charge in [0.25, 0.3) is 5.91 Å². The number of nitrogens with zero attached hydrogens (tertiary/aromatic N) is 5. The molecule has 3 heterocycles. The van der Waals surface area contributed by atoms with Crippen LogP contribution in [0.1, 0.15) is 36.2 Å². The van der Waals surface area contributed by atoms with Crippen LogP contribution in [0.15, 0.2) is 55.5 Å². The van der Waals surface area contributed by atoms with Crippen LogP contribution in [0, 0.1) is 0 Å². The van der Waals surface area contributed by atoms with Crippen LogP contribution < -0.4 is 21.1 Å². The minimum Gasteiger partial charge on any atom is -0.492 e. The smallest absolute Gasteiger partial charge is 0.254 e. The second-order valence-corrected chi connectivity index (χ2v) is 7.99. The highest BCUT2D eigenvalue weighted by atomic mass is 16.5. The zero-order chi connectivity index (χ0) is 24.8. The van der Waals surface area contributed by atoms with Crippen molar-refractivity contribution in [2.45, 2.75) is 25.8 Å². The van der Waals surface area contributed by atoms with Gasteiger partial charge >= 0.3 is 0 Å². The number of likely N-dealkylation sites (tertiary alicyclic amines) is 1. The Morgan fingerprint density at radius 3 is 2.89 bits per heavy atom. The quantitative estimate of drug-likeness (QED) is 0.400. The van der Waals surface area contributed by atoms with E-state index in [1.165, 1.54) is 12.3 Å². The minimum absolute atomic E-state index is 0.0636. The van der Waals surface area contributed by atoms with Gasteiger partial charge in [-0.05, 0) is 38.0 Å². The zero-order valence-electron chi connectivity index (χ0n) is 19.5. The molecule has 0 aliphatic carbocycles. The fraction of sp³-hybridized carbons (Fsp3) is 0.292. The summed E-state index contributed by atoms with van der Waals surface area (Å²) in [5, 5.41) is 10.7. The normalized spacial score (nSPS) is 15.3. The highest BCUT2D eigenvalue weighted by Gasteiger charge is 2.24. The minimum atomic E-state index is -0.656. The van der Waals surface area contributed by atoms with Gasteiger partial charge in [-0.2, -0.15) is 10.1 Å². The van der Waals surface area contributed by atoms with Gasteiger partial charge in [0.05, 0.1) is 30.2 Å². The molecule has 0 bridgehead atoms. The standard InChI is InChI=1S/C24H28N8O3/c1-3-21(33)31-11-7-8-17(15-31)32-14-16(12-27-32)28-24-26-13-18(22(25)34)23(30-24)29-19-9-5-6-10-20(19)35-4-2/h3,5-6,9-10,12-14,17H,1,4,7-8,11,15H2,2H3,(H2,25,34)(H2,26,28,29,30). The summed E-state index contributed by atoms with van der Waals surface area (Å²) in [6.07, 6.45) is 8.02. The number of hydrogen-bond acceptors (Lipinski definition) is 8. The molecule has 0 spiro atoms. The Morgan fingerprint density at radius 1 is 1.29 bits per heavy atom. The Labute approximate surface area is 203 Å². The molecule has 3 aromatic rings. The average Bonchev–Trinajstić information content (AvgIpc) is 3.33. The first-order valence-corrected chi connectivity index (χ1v) is 11.4. The number of aromatic nitrogens is 4. The number of nitrogens with one attached hydrogen (secondary N) is 2. The number of piperidine rings is 1. The molecule has 1 aromatic carbocycles. The van der Waals surface area contributed by atoms with Crippen LogP contribution in [0.3, 0.4) is 0 Å². The average molecular weight is 477 g/mol. The van der Waals surface area contributed by atoms with Gasteiger partial charge in [-0.3, -0.25) is 14.3 Å². The fourth-order valence-electron chi connectivity index (χ4n) is 3.93. The molecular weight excluding hydrogens is 448 g/mol. The number of para-hydroxylation sites is 2. The van der Waals surface area contributed by atoms with Gasteiger partial charge < -0.3 is 26.0 Å². The van der Waals surface area contributed by atoms with Crippen molar-refractivity contribution < 1.29 is 14.3 Å². The van der Waals surface area contributed by atoms with Crippen LogP contribution in [0.25, 0.3) is 0 Å². The molecule has 1 fully saturated rings. The maximum Gasteiger partial charge on any atom is 0.254 e. The first kappa shape index (κ1) is 23.7. The summed E-state index contributed by atoms with van der Waals surface area (Å²) in [5.74, 6) is 0.403. The topological polar surface area (TPSA) is 140 Å². The van der Waals surface area contributed by atoms with Crippen molar-refractivity contribution >= 4 is 35.0 Å². The molecule has 1 saturated heterocycles. The maximum absolute atomic E-state index is 12.0. The Hall–Kier alpha value is -4.41. The molecule has 2 amide bonds. The van der Waals surface area contributed by atoms with Crippen molar-refractivity contribution in [3.63, 3.8) is 0 Å². The molecule has 1 aliphatic heterocycles. The van der Waals surface area contributed by atoms with E-state index in [1.807, 2.05) is 42.1 Å². The summed E-state index contributed by atoms with van der Waals surface area (Å²) in [6, 6.07) is 7.40. The number of primary amides is 1. The molecule has 182 valence electrons. The second kappa shape index (κ2) is 10.7. The lowest BCUT2D eigenvalue weighted by Crippen LogP contribution is -2.39. The molecular formula is C24H28N8O3. The number of amides is 2. The summed E-state index contributed by atoms with van der Waals surface area (Å²) < 4.78 is 7.48. The molecule has 1 unspecified atom stereocenters. The monoisotopic (exact) mass is 476 g/mol. The van der Waals surface area contributed by atoms with Gasteiger partial charge in [0, 0.05) is 25.5 Å². The van der Waals surface area contributed by atoms with E-state index >= 15 is 0 Å². The van der Waals surface area contributed by atoms with Crippen LogP contribution in [0.4, 0.5) is 23.1 Å². The van der Waals surface area contributed by atoms with E-state index in [9.17, 15) is 9.59 Å². The molecule has 4 N–H and O–H groups in total. The predicted octanol–water partition coefficient (Wildman–Crippen LogP) is 3.01. The molecule has 11 nitrogen and oxygen atoms in total. The second-order valence-electron chi connectivity index (χ2n) is 7.99. The number of carbonyl (C=O) groups excluding carboxylic acids is 2. The third-order valence-corrected chi connectivity index (χ3v) is 5.61. The molecule has 2 aromatic heterocycles. The molecule has 1 aliphatic rings. The van der Waals surface area contributed by atoms with Crippen molar-refractivity contribution in [2.24, 2.45) is 5.73 Å². The lowest BCUT2D eigenvalue weighted by Gasteiger charge is -2.32. The van der Waals surface area contributed by atoms with Crippen molar-refractivity contribution in [1.29, 1.82) is 0 Å². The third-order valence-electron chi connectivity index (χ3n) is 5.61. The largest absolute Gasteiger partial charge is 0.492 e. The molecule has 1 atom stereocenters. The molecule has 0 saturated carbocycles. The van der Waals surface area contributed by atoms with Crippen molar-refractivity contribution in [3.05, 3.63) is 61.1 Å². The number of rotatable bonds is 9. The summed E-state index contributed by atoms with van der Waals surface area (Å²) >= 11 is 0. The molecule has 11 heteroatoms.